The number of allylic oxidation sites excluding steroid dienone is 2. The van der Waals surface area contributed by atoms with Gasteiger partial charge in [-0.05, 0) is 59.9 Å². The zero-order valence-corrected chi connectivity index (χ0v) is 22.3. The van der Waals surface area contributed by atoms with Crippen molar-refractivity contribution in [1.29, 1.82) is 0 Å². The molecule has 2 aromatic rings. The molecule has 0 amide bonds. The smallest absolute Gasteiger partial charge is 0.119 e. The van der Waals surface area contributed by atoms with Crippen LogP contribution in [0.3, 0.4) is 0 Å². The van der Waals surface area contributed by atoms with Gasteiger partial charge < -0.3 is 4.74 Å². The molecule has 2 aromatic carbocycles. The number of hydrogen-bond donors (Lipinski definition) is 0. The summed E-state index contributed by atoms with van der Waals surface area (Å²) in [5, 5.41) is 0. The van der Waals surface area contributed by atoms with Crippen LogP contribution in [0.15, 0.2) is 60.7 Å². The van der Waals surface area contributed by atoms with E-state index in [0.717, 1.165) is 18.3 Å². The van der Waals surface area contributed by atoms with Crippen LogP contribution in [0.2, 0.25) is 0 Å². The molecule has 0 aliphatic rings. The van der Waals surface area contributed by atoms with E-state index in [-0.39, 0.29) is 0 Å². The van der Waals surface area contributed by atoms with Gasteiger partial charge in [-0.25, -0.2) is 0 Å². The van der Waals surface area contributed by atoms with Crippen molar-refractivity contribution in [2.24, 2.45) is 11.8 Å². The Morgan fingerprint density at radius 1 is 0.647 bits per heavy atom. The van der Waals surface area contributed by atoms with E-state index in [4.69, 9.17) is 4.74 Å². The first-order chi connectivity index (χ1) is 16.7. The highest BCUT2D eigenvalue weighted by molar-refractivity contribution is 5.57. The summed E-state index contributed by atoms with van der Waals surface area (Å²) in [6, 6.07) is 17.5. The molecule has 0 radical (unpaired) electrons. The molecule has 34 heavy (non-hydrogen) atoms. The average Bonchev–Trinajstić information content (AvgIpc) is 2.88. The Kier molecular flexibility index (Phi) is 14.1. The first kappa shape index (κ1) is 28.0. The van der Waals surface area contributed by atoms with Crippen molar-refractivity contribution in [2.75, 3.05) is 6.61 Å². The Morgan fingerprint density at radius 2 is 1.18 bits per heavy atom. The van der Waals surface area contributed by atoms with Crippen LogP contribution in [-0.4, -0.2) is 6.61 Å². The Labute approximate surface area is 210 Å². The van der Waals surface area contributed by atoms with Gasteiger partial charge in [0.1, 0.15) is 5.75 Å². The molecule has 0 saturated heterocycles. The van der Waals surface area contributed by atoms with E-state index in [1.165, 1.54) is 80.9 Å². The number of benzene rings is 2. The van der Waals surface area contributed by atoms with Crippen molar-refractivity contribution in [3.63, 3.8) is 0 Å². The predicted octanol–water partition coefficient (Wildman–Crippen LogP) is 10.2. The van der Waals surface area contributed by atoms with Gasteiger partial charge in [-0.1, -0.05) is 133 Å². The van der Waals surface area contributed by atoms with E-state index in [1.807, 2.05) is 0 Å². The standard InChI is InChI=1S/C33H48O/c1-5-9-13-28(7-3)17-18-32-21-19-30(20-22-32)15-11-12-16-31-23-25-33(26-24-31)34-27-29(8-4)14-10-6-2/h11-12,15-16,19-26,28-29H,5-10,13-14,17-18,27H2,1-4H3/b15-11+,16-12+. The zero-order valence-electron chi connectivity index (χ0n) is 22.3. The van der Waals surface area contributed by atoms with Gasteiger partial charge in [0.25, 0.3) is 0 Å². The molecule has 0 aromatic heterocycles. The number of unbranched alkanes of at least 4 members (excludes halogenated alkanes) is 2. The van der Waals surface area contributed by atoms with Gasteiger partial charge in [0.2, 0.25) is 0 Å². The normalized spacial score (nSPS) is 13.5. The highest BCUT2D eigenvalue weighted by atomic mass is 16.5. The van der Waals surface area contributed by atoms with Crippen LogP contribution < -0.4 is 4.74 Å². The third kappa shape index (κ3) is 11.2. The minimum atomic E-state index is 0.665. The quantitative estimate of drug-likeness (QED) is 0.213. The topological polar surface area (TPSA) is 9.23 Å². The van der Waals surface area contributed by atoms with E-state index < -0.39 is 0 Å². The molecule has 0 N–H and O–H groups in total. The first-order valence-corrected chi connectivity index (χ1v) is 13.8. The SMILES string of the molecule is CCCCC(CC)CCc1ccc(/C=C/C=C/c2ccc(OCC(CC)CCCC)cc2)cc1. The average molecular weight is 461 g/mol. The van der Waals surface area contributed by atoms with E-state index in [0.29, 0.717) is 5.92 Å². The van der Waals surface area contributed by atoms with Crippen molar-refractivity contribution in [3.05, 3.63) is 77.4 Å². The van der Waals surface area contributed by atoms with Gasteiger partial charge in [0.05, 0.1) is 6.61 Å². The maximum Gasteiger partial charge on any atom is 0.119 e. The third-order valence-corrected chi connectivity index (χ3v) is 6.96. The molecule has 2 rings (SSSR count). The Morgan fingerprint density at radius 3 is 1.71 bits per heavy atom. The van der Waals surface area contributed by atoms with E-state index in [1.54, 1.807) is 0 Å². The molecule has 0 aliphatic carbocycles. The van der Waals surface area contributed by atoms with Crippen LogP contribution in [0.25, 0.3) is 12.2 Å². The molecular weight excluding hydrogens is 412 g/mol. The second-order valence-electron chi connectivity index (χ2n) is 9.71. The molecule has 186 valence electrons. The summed E-state index contributed by atoms with van der Waals surface area (Å²) in [4.78, 5) is 0. The zero-order chi connectivity index (χ0) is 24.4. The van der Waals surface area contributed by atoms with E-state index in [2.05, 4.69) is 101 Å². The van der Waals surface area contributed by atoms with Gasteiger partial charge in [-0.3, -0.25) is 0 Å². The molecule has 2 unspecified atom stereocenters. The lowest BCUT2D eigenvalue weighted by Gasteiger charge is -2.15. The van der Waals surface area contributed by atoms with Gasteiger partial charge in [-0.15, -0.1) is 0 Å². The van der Waals surface area contributed by atoms with Crippen molar-refractivity contribution < 1.29 is 4.74 Å². The van der Waals surface area contributed by atoms with Gasteiger partial charge in [0, 0.05) is 0 Å². The Bertz CT molecular complexity index is 741. The monoisotopic (exact) mass is 460 g/mol. The summed E-state index contributed by atoms with van der Waals surface area (Å²) in [5.74, 6) is 2.51. The van der Waals surface area contributed by atoms with Crippen LogP contribution in [0.1, 0.15) is 102 Å². The fourth-order valence-electron chi connectivity index (χ4n) is 4.33. The molecule has 0 aliphatic heterocycles. The van der Waals surface area contributed by atoms with Crippen LogP contribution in [0.5, 0.6) is 5.75 Å². The highest BCUT2D eigenvalue weighted by Crippen LogP contribution is 2.20. The summed E-state index contributed by atoms with van der Waals surface area (Å²) < 4.78 is 6.02. The maximum atomic E-state index is 6.02. The van der Waals surface area contributed by atoms with Gasteiger partial charge in [-0.2, -0.15) is 0 Å². The Balaban J connectivity index is 1.77. The van der Waals surface area contributed by atoms with Crippen molar-refractivity contribution in [2.45, 2.75) is 91.9 Å². The molecule has 1 nitrogen and oxygen atoms in total. The molecule has 0 saturated carbocycles. The summed E-state index contributed by atoms with van der Waals surface area (Å²) >= 11 is 0. The molecule has 0 bridgehead atoms. The third-order valence-electron chi connectivity index (χ3n) is 6.96. The van der Waals surface area contributed by atoms with Crippen LogP contribution in [0.4, 0.5) is 0 Å². The molecule has 0 fully saturated rings. The van der Waals surface area contributed by atoms with Crippen molar-refractivity contribution in [1.82, 2.24) is 0 Å². The summed E-state index contributed by atoms with van der Waals surface area (Å²) in [6.45, 7) is 9.96. The summed E-state index contributed by atoms with van der Waals surface area (Å²) in [7, 11) is 0. The largest absolute Gasteiger partial charge is 0.493 e. The minimum absolute atomic E-state index is 0.665. The lowest BCUT2D eigenvalue weighted by atomic mass is 9.92. The maximum absolute atomic E-state index is 6.02. The second kappa shape index (κ2) is 17.2. The van der Waals surface area contributed by atoms with Crippen molar-refractivity contribution >= 4 is 12.2 Å². The lowest BCUT2D eigenvalue weighted by Crippen LogP contribution is -2.11. The van der Waals surface area contributed by atoms with Crippen LogP contribution in [0, 0.1) is 11.8 Å². The van der Waals surface area contributed by atoms with Gasteiger partial charge >= 0.3 is 0 Å². The van der Waals surface area contributed by atoms with Crippen molar-refractivity contribution in [3.8, 4) is 5.75 Å². The van der Waals surface area contributed by atoms with Crippen LogP contribution >= 0.6 is 0 Å². The fourth-order valence-corrected chi connectivity index (χ4v) is 4.33. The molecule has 2 atom stereocenters. The first-order valence-electron chi connectivity index (χ1n) is 13.8. The second-order valence-corrected chi connectivity index (χ2v) is 9.71. The fraction of sp³-hybridized carbons (Fsp3) is 0.515. The molecule has 1 heteroatoms. The Hall–Kier alpha value is -2.28. The number of aryl methyl sites for hydroxylation is 1. The number of hydrogen-bond acceptors (Lipinski definition) is 1. The van der Waals surface area contributed by atoms with E-state index in [9.17, 15) is 0 Å². The molecular formula is C33H48O. The summed E-state index contributed by atoms with van der Waals surface area (Å²) in [5.41, 5.74) is 3.91. The molecule has 0 heterocycles. The van der Waals surface area contributed by atoms with Gasteiger partial charge in [0.15, 0.2) is 0 Å². The number of ether oxygens (including phenoxy) is 1. The van der Waals surface area contributed by atoms with Crippen LogP contribution in [-0.2, 0) is 6.42 Å². The lowest BCUT2D eigenvalue weighted by molar-refractivity contribution is 0.233. The number of rotatable bonds is 17. The summed E-state index contributed by atoms with van der Waals surface area (Å²) in [6.07, 6.45) is 21.4. The predicted molar refractivity (Wildman–Crippen MR) is 151 cm³/mol. The van der Waals surface area contributed by atoms with E-state index >= 15 is 0 Å². The highest BCUT2D eigenvalue weighted by Gasteiger charge is 2.07. The minimum Gasteiger partial charge on any atom is -0.493 e. The molecule has 0 spiro atoms.